The average molecular weight is 256 g/mol. The van der Waals surface area contributed by atoms with Gasteiger partial charge in [0.1, 0.15) is 5.78 Å². The highest BCUT2D eigenvalue weighted by Gasteiger charge is 2.36. The summed E-state index contributed by atoms with van der Waals surface area (Å²) in [7, 11) is 0. The maximum absolute atomic E-state index is 12.6. The Labute approximate surface area is 117 Å². The maximum Gasteiger partial charge on any atom is 0.143 e. The second kappa shape index (κ2) is 7.73. The molecule has 0 aliphatic heterocycles. The van der Waals surface area contributed by atoms with Crippen LogP contribution in [0, 0.1) is 0 Å². The summed E-state index contributed by atoms with van der Waals surface area (Å²) in [6.07, 6.45) is 10.4. The van der Waals surface area contributed by atoms with E-state index in [0.717, 1.165) is 18.4 Å². The molecule has 0 spiro atoms. The van der Waals surface area contributed by atoms with E-state index in [0.29, 0.717) is 12.2 Å². The summed E-state index contributed by atoms with van der Waals surface area (Å²) in [4.78, 5) is 12.6. The highest BCUT2D eigenvalue weighted by Crippen LogP contribution is 2.35. The molecule has 1 heteroatoms. The summed E-state index contributed by atoms with van der Waals surface area (Å²) in [5, 5.41) is 0. The molecule has 0 aliphatic carbocycles. The lowest BCUT2D eigenvalue weighted by Crippen LogP contribution is -2.34. The smallest absolute Gasteiger partial charge is 0.143 e. The molecule has 1 aromatic rings. The van der Waals surface area contributed by atoms with Gasteiger partial charge in [0.05, 0.1) is 5.41 Å². The largest absolute Gasteiger partial charge is 0.299 e. The number of hydrogen-bond acceptors (Lipinski definition) is 1. The normalized spacial score (nSPS) is 12.4. The molecular formula is C18H24O. The molecule has 19 heavy (non-hydrogen) atoms. The Bertz CT molecular complexity index is 426. The summed E-state index contributed by atoms with van der Waals surface area (Å²) in [6, 6.07) is 10.2. The van der Waals surface area contributed by atoms with Crippen molar-refractivity contribution in [3.05, 3.63) is 60.2 Å². The lowest BCUT2D eigenvalue weighted by molar-refractivity contribution is -0.124. The van der Waals surface area contributed by atoms with Crippen molar-refractivity contribution in [3.63, 3.8) is 0 Å². The van der Waals surface area contributed by atoms with Crippen LogP contribution in [0.1, 0.15) is 45.6 Å². The van der Waals surface area contributed by atoms with Crippen molar-refractivity contribution in [2.45, 2.75) is 45.4 Å². The highest BCUT2D eigenvalue weighted by atomic mass is 16.1. The number of benzene rings is 1. The van der Waals surface area contributed by atoms with Gasteiger partial charge in [-0.25, -0.2) is 0 Å². The molecule has 0 heterocycles. The standard InChI is InChI=1S/C18H24O/c1-4-7-14-18(15-8-5-2,17(19)6-3)16-12-10-9-11-13-16/h4-5,7-13H,6,14-15H2,1-3H3/b7-4+,8-5+. The molecule has 0 N–H and O–H groups in total. The van der Waals surface area contributed by atoms with Crippen molar-refractivity contribution in [3.8, 4) is 0 Å². The van der Waals surface area contributed by atoms with Gasteiger partial charge in [0.2, 0.25) is 0 Å². The highest BCUT2D eigenvalue weighted by molar-refractivity contribution is 5.90. The Kier molecular flexibility index (Phi) is 6.27. The summed E-state index contributed by atoms with van der Waals surface area (Å²) < 4.78 is 0. The van der Waals surface area contributed by atoms with Gasteiger partial charge < -0.3 is 0 Å². The molecule has 0 unspecified atom stereocenters. The van der Waals surface area contributed by atoms with Crippen LogP contribution in [0.5, 0.6) is 0 Å². The van der Waals surface area contributed by atoms with E-state index in [4.69, 9.17) is 0 Å². The van der Waals surface area contributed by atoms with Crippen LogP contribution in [-0.4, -0.2) is 5.78 Å². The molecule has 0 saturated carbocycles. The zero-order chi connectivity index (χ0) is 14.1. The molecule has 0 saturated heterocycles. The van der Waals surface area contributed by atoms with E-state index in [-0.39, 0.29) is 0 Å². The summed E-state index contributed by atoms with van der Waals surface area (Å²) in [5.41, 5.74) is 0.715. The fourth-order valence-electron chi connectivity index (χ4n) is 2.44. The molecule has 0 aromatic heterocycles. The number of hydrogen-bond donors (Lipinski definition) is 0. The molecule has 0 aliphatic rings. The number of ketones is 1. The van der Waals surface area contributed by atoms with Crippen LogP contribution in [0.2, 0.25) is 0 Å². The third-order valence-electron chi connectivity index (χ3n) is 3.59. The first kappa shape index (κ1) is 15.4. The number of carbonyl (C=O) groups is 1. The molecule has 0 fully saturated rings. The van der Waals surface area contributed by atoms with Gasteiger partial charge in [-0.05, 0) is 32.3 Å². The van der Waals surface area contributed by atoms with Gasteiger partial charge in [-0.2, -0.15) is 0 Å². The van der Waals surface area contributed by atoms with E-state index in [1.54, 1.807) is 0 Å². The lowest BCUT2D eigenvalue weighted by Gasteiger charge is -2.31. The Hall–Kier alpha value is -1.63. The van der Waals surface area contributed by atoms with Gasteiger partial charge >= 0.3 is 0 Å². The molecule has 1 aromatic carbocycles. The van der Waals surface area contributed by atoms with Crippen LogP contribution in [0.4, 0.5) is 0 Å². The molecule has 0 bridgehead atoms. The van der Waals surface area contributed by atoms with Gasteiger partial charge in [0.25, 0.3) is 0 Å². The van der Waals surface area contributed by atoms with Crippen molar-refractivity contribution in [2.24, 2.45) is 0 Å². The number of carbonyl (C=O) groups excluding carboxylic acids is 1. The predicted molar refractivity (Wildman–Crippen MR) is 82.3 cm³/mol. The van der Waals surface area contributed by atoms with Gasteiger partial charge in [-0.15, -0.1) is 0 Å². The molecule has 0 atom stereocenters. The molecule has 0 amide bonds. The number of Topliss-reactive ketones (excluding diaryl/α,β-unsaturated/α-hetero) is 1. The van der Waals surface area contributed by atoms with Crippen molar-refractivity contribution in [1.29, 1.82) is 0 Å². The second-order valence-corrected chi connectivity index (χ2v) is 4.77. The predicted octanol–water partition coefficient (Wildman–Crippen LogP) is 4.84. The third-order valence-corrected chi connectivity index (χ3v) is 3.59. The lowest BCUT2D eigenvalue weighted by atomic mass is 9.70. The van der Waals surface area contributed by atoms with Crippen LogP contribution in [0.25, 0.3) is 0 Å². The van der Waals surface area contributed by atoms with E-state index < -0.39 is 5.41 Å². The minimum absolute atomic E-state index is 0.315. The van der Waals surface area contributed by atoms with E-state index in [9.17, 15) is 4.79 Å². The van der Waals surface area contributed by atoms with Crippen molar-refractivity contribution in [1.82, 2.24) is 0 Å². The molecular weight excluding hydrogens is 232 g/mol. The first-order valence-corrected chi connectivity index (χ1v) is 7.02. The van der Waals surface area contributed by atoms with Crippen molar-refractivity contribution < 1.29 is 4.79 Å². The quantitative estimate of drug-likeness (QED) is 0.638. The van der Waals surface area contributed by atoms with E-state index in [1.165, 1.54) is 0 Å². The minimum Gasteiger partial charge on any atom is -0.299 e. The summed E-state index contributed by atoms with van der Waals surface area (Å²) in [6.45, 7) is 5.95. The van der Waals surface area contributed by atoms with Crippen LogP contribution in [-0.2, 0) is 10.2 Å². The molecule has 1 rings (SSSR count). The number of allylic oxidation sites excluding steroid dienone is 4. The Morgan fingerprint density at radius 3 is 2.00 bits per heavy atom. The topological polar surface area (TPSA) is 17.1 Å². The van der Waals surface area contributed by atoms with Crippen molar-refractivity contribution in [2.75, 3.05) is 0 Å². The SMILES string of the molecule is C/C=C/CC(C/C=C/C)(C(=O)CC)c1ccccc1. The van der Waals surface area contributed by atoms with Gasteiger partial charge in [0.15, 0.2) is 0 Å². The summed E-state index contributed by atoms with van der Waals surface area (Å²) >= 11 is 0. The minimum atomic E-state index is -0.408. The fourth-order valence-corrected chi connectivity index (χ4v) is 2.44. The van der Waals surface area contributed by atoms with E-state index >= 15 is 0 Å². The average Bonchev–Trinajstić information content (AvgIpc) is 2.48. The Morgan fingerprint density at radius 2 is 1.58 bits per heavy atom. The Morgan fingerprint density at radius 1 is 1.05 bits per heavy atom. The zero-order valence-electron chi connectivity index (χ0n) is 12.2. The van der Waals surface area contributed by atoms with Crippen LogP contribution >= 0.6 is 0 Å². The molecule has 102 valence electrons. The zero-order valence-corrected chi connectivity index (χ0v) is 12.2. The van der Waals surface area contributed by atoms with Crippen LogP contribution < -0.4 is 0 Å². The third kappa shape index (κ3) is 3.66. The number of rotatable bonds is 7. The monoisotopic (exact) mass is 256 g/mol. The fraction of sp³-hybridized carbons (Fsp3) is 0.389. The van der Waals surface area contributed by atoms with Crippen LogP contribution in [0.3, 0.4) is 0 Å². The maximum atomic E-state index is 12.6. The molecule has 1 nitrogen and oxygen atoms in total. The first-order valence-electron chi connectivity index (χ1n) is 7.02. The Balaban J connectivity index is 3.28. The van der Waals surface area contributed by atoms with Crippen LogP contribution in [0.15, 0.2) is 54.6 Å². The van der Waals surface area contributed by atoms with E-state index in [1.807, 2.05) is 51.1 Å². The van der Waals surface area contributed by atoms with Gasteiger partial charge in [-0.3, -0.25) is 4.79 Å². The van der Waals surface area contributed by atoms with Gasteiger partial charge in [-0.1, -0.05) is 61.6 Å². The van der Waals surface area contributed by atoms with Crippen molar-refractivity contribution >= 4 is 5.78 Å². The molecule has 0 radical (unpaired) electrons. The van der Waals surface area contributed by atoms with E-state index in [2.05, 4.69) is 24.3 Å². The first-order chi connectivity index (χ1) is 9.21. The van der Waals surface area contributed by atoms with Gasteiger partial charge in [0, 0.05) is 6.42 Å². The summed E-state index contributed by atoms with van der Waals surface area (Å²) in [5.74, 6) is 0.315. The second-order valence-electron chi connectivity index (χ2n) is 4.77.